The molecule has 78 valence electrons. The highest BCUT2D eigenvalue weighted by atomic mass is 16.4. The zero-order valence-electron chi connectivity index (χ0n) is 7.86. The molecule has 0 aliphatic carbocycles. The minimum Gasteiger partial charge on any atom is -0.481 e. The topological polar surface area (TPSA) is 101 Å². The van der Waals surface area contributed by atoms with Gasteiger partial charge in [0.25, 0.3) is 0 Å². The van der Waals surface area contributed by atoms with Crippen LogP contribution >= 0.6 is 0 Å². The van der Waals surface area contributed by atoms with E-state index in [9.17, 15) is 9.59 Å². The second kappa shape index (κ2) is 6.00. The Labute approximate surface area is 81.9 Å². The standard InChI is InChI=1S/C9H13NO4/c1-2-3-4-6(8(11)12)5-7(10)9(13)14/h6-7H,4-5,10H2,1H3,(H,11,12)(H,13,14)/t6-,7-/m0/s1. The van der Waals surface area contributed by atoms with E-state index in [-0.39, 0.29) is 12.8 Å². The van der Waals surface area contributed by atoms with Crippen LogP contribution in [0.2, 0.25) is 0 Å². The number of hydrogen-bond acceptors (Lipinski definition) is 3. The molecule has 0 aliphatic rings. The molecule has 0 radical (unpaired) electrons. The van der Waals surface area contributed by atoms with Gasteiger partial charge in [-0.3, -0.25) is 9.59 Å². The van der Waals surface area contributed by atoms with Gasteiger partial charge >= 0.3 is 11.9 Å². The van der Waals surface area contributed by atoms with Crippen molar-refractivity contribution >= 4 is 11.9 Å². The first-order valence-corrected chi connectivity index (χ1v) is 4.09. The highest BCUT2D eigenvalue weighted by Gasteiger charge is 2.23. The van der Waals surface area contributed by atoms with Crippen molar-refractivity contribution in [3.8, 4) is 11.8 Å². The van der Waals surface area contributed by atoms with E-state index in [0.29, 0.717) is 0 Å². The summed E-state index contributed by atoms with van der Waals surface area (Å²) in [5.74, 6) is 2.08. The van der Waals surface area contributed by atoms with Crippen molar-refractivity contribution in [2.75, 3.05) is 0 Å². The lowest BCUT2D eigenvalue weighted by atomic mass is 9.97. The van der Waals surface area contributed by atoms with Gasteiger partial charge in [0.05, 0.1) is 5.92 Å². The largest absolute Gasteiger partial charge is 0.481 e. The molecule has 0 rings (SSSR count). The predicted octanol–water partition coefficient (Wildman–Crippen LogP) is -0.0974. The molecule has 2 atom stereocenters. The van der Waals surface area contributed by atoms with E-state index in [1.54, 1.807) is 6.92 Å². The molecule has 0 bridgehead atoms. The van der Waals surface area contributed by atoms with E-state index in [4.69, 9.17) is 15.9 Å². The summed E-state index contributed by atoms with van der Waals surface area (Å²) in [5, 5.41) is 17.2. The third-order valence-electron chi connectivity index (χ3n) is 1.73. The van der Waals surface area contributed by atoms with E-state index in [1.807, 2.05) is 0 Å². The molecule has 0 aromatic rings. The van der Waals surface area contributed by atoms with Gasteiger partial charge in [0, 0.05) is 6.42 Å². The molecule has 14 heavy (non-hydrogen) atoms. The molecule has 0 heterocycles. The second-order valence-electron chi connectivity index (χ2n) is 2.85. The summed E-state index contributed by atoms with van der Waals surface area (Å²) >= 11 is 0. The maximum absolute atomic E-state index is 10.6. The average Bonchev–Trinajstić information content (AvgIpc) is 2.10. The lowest BCUT2D eigenvalue weighted by Crippen LogP contribution is -2.34. The number of hydrogen-bond donors (Lipinski definition) is 3. The molecule has 0 amide bonds. The maximum atomic E-state index is 10.6. The normalized spacial score (nSPS) is 13.6. The van der Waals surface area contributed by atoms with Crippen molar-refractivity contribution in [2.24, 2.45) is 11.7 Å². The van der Waals surface area contributed by atoms with Crippen LogP contribution in [0.4, 0.5) is 0 Å². The number of carboxylic acids is 2. The molecule has 0 spiro atoms. The van der Waals surface area contributed by atoms with Gasteiger partial charge in [-0.1, -0.05) is 0 Å². The Balaban J connectivity index is 4.27. The molecule has 0 aromatic heterocycles. The SMILES string of the molecule is CC#CC[C@@H](C[C@H](N)C(=O)O)C(=O)O. The molecule has 0 aromatic carbocycles. The Kier molecular flexibility index (Phi) is 5.34. The molecule has 0 fully saturated rings. The summed E-state index contributed by atoms with van der Waals surface area (Å²) in [6, 6.07) is -1.14. The van der Waals surface area contributed by atoms with Crippen LogP contribution in [0.5, 0.6) is 0 Å². The van der Waals surface area contributed by atoms with Crippen molar-refractivity contribution in [2.45, 2.75) is 25.8 Å². The Hall–Kier alpha value is -1.54. The van der Waals surface area contributed by atoms with E-state index in [2.05, 4.69) is 11.8 Å². The van der Waals surface area contributed by atoms with Crippen LogP contribution in [0.15, 0.2) is 0 Å². The van der Waals surface area contributed by atoms with Crippen LogP contribution in [-0.4, -0.2) is 28.2 Å². The van der Waals surface area contributed by atoms with Gasteiger partial charge in [0.15, 0.2) is 0 Å². The fourth-order valence-electron chi connectivity index (χ4n) is 0.904. The van der Waals surface area contributed by atoms with Crippen molar-refractivity contribution in [1.82, 2.24) is 0 Å². The number of rotatable bonds is 5. The van der Waals surface area contributed by atoms with E-state index in [0.717, 1.165) is 0 Å². The number of carbonyl (C=O) groups is 2. The summed E-state index contributed by atoms with van der Waals surface area (Å²) in [7, 11) is 0. The Morgan fingerprint density at radius 1 is 1.36 bits per heavy atom. The molecule has 5 nitrogen and oxygen atoms in total. The molecule has 0 saturated heterocycles. The molecular formula is C9H13NO4. The van der Waals surface area contributed by atoms with Gasteiger partial charge in [0.2, 0.25) is 0 Å². The van der Waals surface area contributed by atoms with E-state index in [1.165, 1.54) is 0 Å². The number of carboxylic acid groups (broad SMARTS) is 2. The quantitative estimate of drug-likeness (QED) is 0.537. The van der Waals surface area contributed by atoms with Gasteiger partial charge < -0.3 is 15.9 Å². The van der Waals surface area contributed by atoms with Crippen molar-refractivity contribution in [3.63, 3.8) is 0 Å². The highest BCUT2D eigenvalue weighted by molar-refractivity contribution is 5.75. The number of aliphatic carboxylic acids is 2. The first-order chi connectivity index (χ1) is 6.49. The zero-order valence-corrected chi connectivity index (χ0v) is 7.86. The number of nitrogens with two attached hydrogens (primary N) is 1. The summed E-state index contributed by atoms with van der Waals surface area (Å²) in [4.78, 5) is 21.0. The monoisotopic (exact) mass is 199 g/mol. The summed E-state index contributed by atoms with van der Waals surface area (Å²) in [6.45, 7) is 1.59. The maximum Gasteiger partial charge on any atom is 0.320 e. The Morgan fingerprint density at radius 3 is 2.29 bits per heavy atom. The molecule has 4 N–H and O–H groups in total. The van der Waals surface area contributed by atoms with Crippen LogP contribution in [0.3, 0.4) is 0 Å². The zero-order chi connectivity index (χ0) is 11.1. The van der Waals surface area contributed by atoms with Crippen LogP contribution in [0.25, 0.3) is 0 Å². The van der Waals surface area contributed by atoms with Gasteiger partial charge in [-0.25, -0.2) is 0 Å². The van der Waals surface area contributed by atoms with E-state index < -0.39 is 23.9 Å². The van der Waals surface area contributed by atoms with Crippen molar-refractivity contribution in [3.05, 3.63) is 0 Å². The van der Waals surface area contributed by atoms with Crippen LogP contribution < -0.4 is 5.73 Å². The first kappa shape index (κ1) is 12.5. The van der Waals surface area contributed by atoms with Gasteiger partial charge in [-0.15, -0.1) is 11.8 Å². The highest BCUT2D eigenvalue weighted by Crippen LogP contribution is 2.10. The fourth-order valence-corrected chi connectivity index (χ4v) is 0.904. The van der Waals surface area contributed by atoms with Gasteiger partial charge in [-0.05, 0) is 13.3 Å². The summed E-state index contributed by atoms with van der Waals surface area (Å²) in [5.41, 5.74) is 5.22. The average molecular weight is 199 g/mol. The lowest BCUT2D eigenvalue weighted by molar-refractivity contribution is -0.143. The first-order valence-electron chi connectivity index (χ1n) is 4.09. The van der Waals surface area contributed by atoms with Crippen molar-refractivity contribution < 1.29 is 19.8 Å². The van der Waals surface area contributed by atoms with Crippen LogP contribution in [0, 0.1) is 17.8 Å². The lowest BCUT2D eigenvalue weighted by Gasteiger charge is -2.11. The Morgan fingerprint density at radius 2 is 1.93 bits per heavy atom. The smallest absolute Gasteiger partial charge is 0.320 e. The molecule has 5 heteroatoms. The van der Waals surface area contributed by atoms with Crippen molar-refractivity contribution in [1.29, 1.82) is 0 Å². The fraction of sp³-hybridized carbons (Fsp3) is 0.556. The summed E-state index contributed by atoms with van der Waals surface area (Å²) < 4.78 is 0. The van der Waals surface area contributed by atoms with Crippen LogP contribution in [0.1, 0.15) is 19.8 Å². The Bertz CT molecular complexity index is 276. The molecular weight excluding hydrogens is 186 g/mol. The summed E-state index contributed by atoms with van der Waals surface area (Å²) in [6.07, 6.45) is 0.0339. The third kappa shape index (κ3) is 4.48. The van der Waals surface area contributed by atoms with E-state index >= 15 is 0 Å². The van der Waals surface area contributed by atoms with Crippen LogP contribution in [-0.2, 0) is 9.59 Å². The predicted molar refractivity (Wildman–Crippen MR) is 49.4 cm³/mol. The molecule has 0 unspecified atom stereocenters. The van der Waals surface area contributed by atoms with Gasteiger partial charge in [-0.2, -0.15) is 0 Å². The molecule has 0 aliphatic heterocycles. The third-order valence-corrected chi connectivity index (χ3v) is 1.73. The second-order valence-corrected chi connectivity index (χ2v) is 2.85. The minimum atomic E-state index is -1.19. The minimum absolute atomic E-state index is 0.0979. The van der Waals surface area contributed by atoms with Gasteiger partial charge in [0.1, 0.15) is 6.04 Å². The molecule has 0 saturated carbocycles.